The molecule has 2 aliphatic rings. The highest BCUT2D eigenvalue weighted by Gasteiger charge is 2.48. The molecule has 17 heavy (non-hydrogen) atoms. The number of urea groups is 1. The molecule has 0 bridgehead atoms. The molecule has 98 valence electrons. The Balaban J connectivity index is 1.95. The van der Waals surface area contributed by atoms with E-state index in [4.69, 9.17) is 10.8 Å². The summed E-state index contributed by atoms with van der Waals surface area (Å²) >= 11 is 0. The van der Waals surface area contributed by atoms with Gasteiger partial charge in [-0.1, -0.05) is 6.42 Å². The third-order valence-electron chi connectivity index (χ3n) is 4.21. The zero-order chi connectivity index (χ0) is 12.3. The van der Waals surface area contributed by atoms with E-state index in [0.717, 1.165) is 25.9 Å². The van der Waals surface area contributed by atoms with Crippen LogP contribution in [-0.4, -0.2) is 47.8 Å². The van der Waals surface area contributed by atoms with Crippen molar-refractivity contribution < 1.29 is 9.90 Å². The predicted octanol–water partition coefficient (Wildman–Crippen LogP) is 0.282. The van der Waals surface area contributed by atoms with Crippen LogP contribution in [0.1, 0.15) is 32.1 Å². The van der Waals surface area contributed by atoms with Crippen LogP contribution in [0, 0.1) is 5.92 Å². The summed E-state index contributed by atoms with van der Waals surface area (Å²) < 4.78 is 0. The van der Waals surface area contributed by atoms with Crippen molar-refractivity contribution in [3.05, 3.63) is 0 Å². The number of likely N-dealkylation sites (tertiary alicyclic amines) is 1. The summed E-state index contributed by atoms with van der Waals surface area (Å²) in [5, 5.41) is 11.9. The summed E-state index contributed by atoms with van der Waals surface area (Å²) in [4.78, 5) is 13.3. The Kier molecular flexibility index (Phi) is 3.89. The number of nitrogens with two attached hydrogens (primary N) is 1. The number of aliphatic hydroxyl groups excluding tert-OH is 1. The van der Waals surface area contributed by atoms with E-state index in [1.807, 2.05) is 0 Å². The highest BCUT2D eigenvalue weighted by Crippen LogP contribution is 2.43. The lowest BCUT2D eigenvalue weighted by atomic mass is 9.67. The van der Waals surface area contributed by atoms with Crippen LogP contribution < -0.4 is 11.1 Å². The van der Waals surface area contributed by atoms with Crippen molar-refractivity contribution in [2.24, 2.45) is 11.7 Å². The minimum absolute atomic E-state index is 0.0584. The van der Waals surface area contributed by atoms with Gasteiger partial charge in [0.05, 0.1) is 0 Å². The van der Waals surface area contributed by atoms with Crippen molar-refractivity contribution in [3.8, 4) is 0 Å². The number of nitrogens with one attached hydrogen (secondary N) is 1. The fourth-order valence-electron chi connectivity index (χ4n) is 3.28. The Morgan fingerprint density at radius 3 is 2.53 bits per heavy atom. The van der Waals surface area contributed by atoms with Crippen molar-refractivity contribution in [3.63, 3.8) is 0 Å². The first-order valence-corrected chi connectivity index (χ1v) is 6.55. The third kappa shape index (κ3) is 2.72. The van der Waals surface area contributed by atoms with Gasteiger partial charge in [-0.15, -0.1) is 0 Å². The Hall–Kier alpha value is -0.810. The number of hydrogen-bond donors (Lipinski definition) is 3. The molecule has 0 radical (unpaired) electrons. The SMILES string of the molecule is NC(=O)NCC1(N2CCCCC2)CC(CO)C1. The molecule has 5 heteroatoms. The van der Waals surface area contributed by atoms with E-state index in [-0.39, 0.29) is 12.1 Å². The first-order chi connectivity index (χ1) is 8.16. The summed E-state index contributed by atoms with van der Waals surface area (Å²) in [6, 6.07) is -0.450. The maximum Gasteiger partial charge on any atom is 0.312 e. The molecular weight excluding hydrogens is 218 g/mol. The highest BCUT2D eigenvalue weighted by molar-refractivity contribution is 5.71. The maximum atomic E-state index is 10.9. The van der Waals surface area contributed by atoms with E-state index in [9.17, 15) is 4.79 Å². The lowest BCUT2D eigenvalue weighted by molar-refractivity contribution is -0.0495. The first-order valence-electron chi connectivity index (χ1n) is 6.55. The van der Waals surface area contributed by atoms with Crippen LogP contribution in [-0.2, 0) is 0 Å². The van der Waals surface area contributed by atoms with Gasteiger partial charge < -0.3 is 16.2 Å². The number of primary amides is 1. The van der Waals surface area contributed by atoms with E-state index in [1.165, 1.54) is 19.3 Å². The van der Waals surface area contributed by atoms with Gasteiger partial charge in [-0.2, -0.15) is 0 Å². The molecule has 2 amide bonds. The van der Waals surface area contributed by atoms with Crippen molar-refractivity contribution in [2.45, 2.75) is 37.6 Å². The molecule has 0 aromatic rings. The van der Waals surface area contributed by atoms with Gasteiger partial charge in [0.25, 0.3) is 0 Å². The summed E-state index contributed by atoms with van der Waals surface area (Å²) in [6.45, 7) is 3.10. The predicted molar refractivity (Wildman–Crippen MR) is 65.6 cm³/mol. The van der Waals surface area contributed by atoms with Crippen LogP contribution in [0.4, 0.5) is 4.79 Å². The minimum atomic E-state index is -0.450. The van der Waals surface area contributed by atoms with Crippen molar-refractivity contribution in [1.29, 1.82) is 0 Å². The smallest absolute Gasteiger partial charge is 0.312 e. The standard InChI is InChI=1S/C12H23N3O2/c13-11(17)14-9-12(6-10(7-12)8-16)15-4-2-1-3-5-15/h10,16H,1-9H2,(H3,13,14,17). The fourth-order valence-corrected chi connectivity index (χ4v) is 3.28. The summed E-state index contributed by atoms with van der Waals surface area (Å²) in [6.07, 6.45) is 5.73. The van der Waals surface area contributed by atoms with Gasteiger partial charge in [0.1, 0.15) is 0 Å². The van der Waals surface area contributed by atoms with Gasteiger partial charge in [-0.3, -0.25) is 4.90 Å². The molecule has 5 nitrogen and oxygen atoms in total. The molecule has 0 atom stereocenters. The quantitative estimate of drug-likeness (QED) is 0.661. The average Bonchev–Trinajstić information content (AvgIpc) is 2.29. The van der Waals surface area contributed by atoms with Crippen LogP contribution >= 0.6 is 0 Å². The van der Waals surface area contributed by atoms with Gasteiger partial charge in [-0.05, 0) is 44.7 Å². The van der Waals surface area contributed by atoms with Gasteiger partial charge in [0.15, 0.2) is 0 Å². The number of carbonyl (C=O) groups excluding carboxylic acids is 1. The number of amides is 2. The maximum absolute atomic E-state index is 10.9. The van der Waals surface area contributed by atoms with E-state index in [2.05, 4.69) is 10.2 Å². The summed E-state index contributed by atoms with van der Waals surface area (Å²) in [5.41, 5.74) is 5.22. The average molecular weight is 241 g/mol. The topological polar surface area (TPSA) is 78.6 Å². The molecule has 1 aliphatic carbocycles. The summed E-state index contributed by atoms with van der Waals surface area (Å²) in [7, 11) is 0. The number of nitrogens with zero attached hydrogens (tertiary/aromatic N) is 1. The zero-order valence-electron chi connectivity index (χ0n) is 10.3. The van der Waals surface area contributed by atoms with Crippen LogP contribution in [0.5, 0.6) is 0 Å². The van der Waals surface area contributed by atoms with Gasteiger partial charge >= 0.3 is 6.03 Å². The molecular formula is C12H23N3O2. The number of rotatable bonds is 4. The van der Waals surface area contributed by atoms with Gasteiger partial charge in [0, 0.05) is 18.7 Å². The lowest BCUT2D eigenvalue weighted by Gasteiger charge is -2.55. The Labute approximate surface area is 102 Å². The second-order valence-electron chi connectivity index (χ2n) is 5.45. The zero-order valence-corrected chi connectivity index (χ0v) is 10.3. The number of piperidine rings is 1. The third-order valence-corrected chi connectivity index (χ3v) is 4.21. The number of aliphatic hydroxyl groups is 1. The molecule has 0 aromatic heterocycles. The van der Waals surface area contributed by atoms with E-state index in [1.54, 1.807) is 0 Å². The van der Waals surface area contributed by atoms with E-state index in [0.29, 0.717) is 12.5 Å². The Morgan fingerprint density at radius 2 is 2.00 bits per heavy atom. The molecule has 1 aliphatic heterocycles. The van der Waals surface area contributed by atoms with Crippen LogP contribution in [0.15, 0.2) is 0 Å². The van der Waals surface area contributed by atoms with Crippen LogP contribution in [0.3, 0.4) is 0 Å². The normalized spacial score (nSPS) is 34.1. The van der Waals surface area contributed by atoms with Crippen molar-refractivity contribution in [2.75, 3.05) is 26.2 Å². The van der Waals surface area contributed by atoms with Crippen LogP contribution in [0.25, 0.3) is 0 Å². The molecule has 2 rings (SSSR count). The van der Waals surface area contributed by atoms with Crippen molar-refractivity contribution in [1.82, 2.24) is 10.2 Å². The number of carbonyl (C=O) groups is 1. The molecule has 1 saturated carbocycles. The minimum Gasteiger partial charge on any atom is -0.396 e. The fraction of sp³-hybridized carbons (Fsp3) is 0.917. The van der Waals surface area contributed by atoms with E-state index < -0.39 is 6.03 Å². The molecule has 1 heterocycles. The molecule has 0 aromatic carbocycles. The van der Waals surface area contributed by atoms with Gasteiger partial charge in [0.2, 0.25) is 0 Å². The Morgan fingerprint density at radius 1 is 1.35 bits per heavy atom. The molecule has 2 fully saturated rings. The summed E-state index contributed by atoms with van der Waals surface area (Å²) in [5.74, 6) is 0.395. The molecule has 1 saturated heterocycles. The Bertz CT molecular complexity index is 271. The second-order valence-corrected chi connectivity index (χ2v) is 5.45. The van der Waals surface area contributed by atoms with E-state index >= 15 is 0 Å². The van der Waals surface area contributed by atoms with Crippen molar-refractivity contribution >= 4 is 6.03 Å². The molecule has 0 spiro atoms. The number of hydrogen-bond acceptors (Lipinski definition) is 3. The highest BCUT2D eigenvalue weighted by atomic mass is 16.3. The first kappa shape index (κ1) is 12.6. The molecule has 4 N–H and O–H groups in total. The van der Waals surface area contributed by atoms with Crippen LogP contribution in [0.2, 0.25) is 0 Å². The monoisotopic (exact) mass is 241 g/mol. The largest absolute Gasteiger partial charge is 0.396 e. The molecule has 0 unspecified atom stereocenters. The lowest BCUT2D eigenvalue weighted by Crippen LogP contribution is -2.64. The second kappa shape index (κ2) is 5.23. The van der Waals surface area contributed by atoms with Gasteiger partial charge in [-0.25, -0.2) is 4.79 Å².